The second-order valence-corrected chi connectivity index (χ2v) is 4.81. The van der Waals surface area contributed by atoms with Gasteiger partial charge < -0.3 is 5.32 Å². The molecule has 1 unspecified atom stereocenters. The zero-order chi connectivity index (χ0) is 15.4. The van der Waals surface area contributed by atoms with E-state index in [0.29, 0.717) is 17.7 Å². The van der Waals surface area contributed by atoms with E-state index in [2.05, 4.69) is 5.32 Å². The fourth-order valence-electron chi connectivity index (χ4n) is 2.07. The number of hydrogen-bond acceptors (Lipinski definition) is 1. The smallest absolute Gasteiger partial charge is 0.263 e. The van der Waals surface area contributed by atoms with Gasteiger partial charge in [-0.3, -0.25) is 0 Å². The molecule has 0 aliphatic heterocycles. The molecule has 0 aliphatic carbocycles. The molecule has 2 aromatic carbocycles. The van der Waals surface area contributed by atoms with Gasteiger partial charge in [-0.1, -0.05) is 24.3 Å². The monoisotopic (exact) mass is 297 g/mol. The summed E-state index contributed by atoms with van der Waals surface area (Å²) in [5, 5.41) is 3.03. The van der Waals surface area contributed by atoms with Gasteiger partial charge in [0.1, 0.15) is 11.6 Å². The van der Waals surface area contributed by atoms with Gasteiger partial charge in [0.2, 0.25) is 0 Å². The molecular weight excluding hydrogens is 282 g/mol. The molecule has 5 heteroatoms. The first-order valence-electron chi connectivity index (χ1n) is 6.52. The van der Waals surface area contributed by atoms with Gasteiger partial charge in [0.05, 0.1) is 0 Å². The zero-order valence-electron chi connectivity index (χ0n) is 11.4. The maximum atomic E-state index is 13.6. The van der Waals surface area contributed by atoms with Crippen LogP contribution in [0.2, 0.25) is 0 Å². The molecule has 112 valence electrons. The van der Waals surface area contributed by atoms with Gasteiger partial charge in [-0.2, -0.15) is 0 Å². The molecule has 0 fully saturated rings. The Balaban J connectivity index is 2.03. The minimum absolute atomic E-state index is 0.0464. The second kappa shape index (κ2) is 6.72. The van der Waals surface area contributed by atoms with Gasteiger partial charge in [0, 0.05) is 29.8 Å². The Labute approximate surface area is 120 Å². The number of benzene rings is 2. The van der Waals surface area contributed by atoms with Crippen molar-refractivity contribution < 1.29 is 17.6 Å². The van der Waals surface area contributed by atoms with Crippen molar-refractivity contribution >= 4 is 0 Å². The second-order valence-electron chi connectivity index (χ2n) is 4.81. The van der Waals surface area contributed by atoms with Gasteiger partial charge >= 0.3 is 0 Å². The average Bonchev–Trinajstić information content (AvgIpc) is 2.45. The van der Waals surface area contributed by atoms with Gasteiger partial charge in [-0.05, 0) is 24.6 Å². The highest BCUT2D eigenvalue weighted by atomic mass is 19.3. The molecular formula is C16H15F4N. The van der Waals surface area contributed by atoms with Crippen LogP contribution in [0.1, 0.15) is 36.1 Å². The first-order chi connectivity index (χ1) is 9.97. The Hall–Kier alpha value is -1.88. The predicted octanol–water partition coefficient (Wildman–Crippen LogP) is 4.75. The summed E-state index contributed by atoms with van der Waals surface area (Å²) >= 11 is 0. The Bertz CT molecular complexity index is 613. The molecule has 0 amide bonds. The van der Waals surface area contributed by atoms with Crippen LogP contribution in [0.5, 0.6) is 0 Å². The van der Waals surface area contributed by atoms with Crippen LogP contribution in [-0.2, 0) is 6.54 Å². The maximum Gasteiger partial charge on any atom is 0.263 e. The van der Waals surface area contributed by atoms with Crippen LogP contribution >= 0.6 is 0 Å². The summed E-state index contributed by atoms with van der Waals surface area (Å²) in [6.45, 7) is 2.05. The normalized spacial score (nSPS) is 12.7. The highest BCUT2D eigenvalue weighted by molar-refractivity contribution is 5.25. The van der Waals surface area contributed by atoms with Gasteiger partial charge in [0.25, 0.3) is 6.43 Å². The number of hydrogen-bond donors (Lipinski definition) is 1. The average molecular weight is 297 g/mol. The summed E-state index contributed by atoms with van der Waals surface area (Å²) < 4.78 is 51.7. The first-order valence-corrected chi connectivity index (χ1v) is 6.52. The van der Waals surface area contributed by atoms with Crippen molar-refractivity contribution in [2.45, 2.75) is 25.9 Å². The molecule has 0 radical (unpaired) electrons. The lowest BCUT2D eigenvalue weighted by molar-refractivity contribution is 0.151. The van der Waals surface area contributed by atoms with Crippen LogP contribution in [0.15, 0.2) is 42.5 Å². The molecule has 0 saturated heterocycles. The summed E-state index contributed by atoms with van der Waals surface area (Å²) in [6.07, 6.45) is -2.52. The molecule has 1 nitrogen and oxygen atoms in total. The van der Waals surface area contributed by atoms with Crippen molar-refractivity contribution in [3.05, 3.63) is 70.8 Å². The summed E-state index contributed by atoms with van der Waals surface area (Å²) in [7, 11) is 0. The predicted molar refractivity (Wildman–Crippen MR) is 73.0 cm³/mol. The van der Waals surface area contributed by atoms with Crippen molar-refractivity contribution in [2.75, 3.05) is 0 Å². The third-order valence-corrected chi connectivity index (χ3v) is 3.24. The van der Waals surface area contributed by atoms with E-state index in [1.165, 1.54) is 24.3 Å². The van der Waals surface area contributed by atoms with Gasteiger partial charge in [-0.25, -0.2) is 17.6 Å². The van der Waals surface area contributed by atoms with Crippen LogP contribution in [-0.4, -0.2) is 0 Å². The Morgan fingerprint density at radius 2 is 1.81 bits per heavy atom. The highest BCUT2D eigenvalue weighted by Crippen LogP contribution is 2.21. The van der Waals surface area contributed by atoms with Crippen LogP contribution in [0.3, 0.4) is 0 Å². The van der Waals surface area contributed by atoms with Crippen molar-refractivity contribution in [1.29, 1.82) is 0 Å². The van der Waals surface area contributed by atoms with Crippen LogP contribution in [0.4, 0.5) is 17.6 Å². The molecule has 1 N–H and O–H groups in total. The number of nitrogens with one attached hydrogen (secondary N) is 1. The number of halogens is 4. The SMILES string of the molecule is CC(NCc1cccc(C(F)F)c1)c1ccc(F)cc1F. The quantitative estimate of drug-likeness (QED) is 0.785. The summed E-state index contributed by atoms with van der Waals surface area (Å²) in [5.74, 6) is -1.26. The third kappa shape index (κ3) is 4.04. The maximum absolute atomic E-state index is 13.6. The highest BCUT2D eigenvalue weighted by Gasteiger charge is 2.12. The van der Waals surface area contributed by atoms with Gasteiger partial charge in [-0.15, -0.1) is 0 Å². The Kier molecular flexibility index (Phi) is 4.96. The topological polar surface area (TPSA) is 12.0 Å². The van der Waals surface area contributed by atoms with E-state index in [4.69, 9.17) is 0 Å². The first kappa shape index (κ1) is 15.5. The molecule has 0 aliphatic rings. The fraction of sp³-hybridized carbons (Fsp3) is 0.250. The van der Waals surface area contributed by atoms with Crippen molar-refractivity contribution in [2.24, 2.45) is 0 Å². The van der Waals surface area contributed by atoms with Gasteiger partial charge in [0.15, 0.2) is 0 Å². The lowest BCUT2D eigenvalue weighted by atomic mass is 10.1. The summed E-state index contributed by atoms with van der Waals surface area (Å²) in [6, 6.07) is 9.06. The minimum atomic E-state index is -2.52. The molecule has 1 atom stereocenters. The van der Waals surface area contributed by atoms with E-state index < -0.39 is 18.1 Å². The molecule has 0 heterocycles. The van der Waals surface area contributed by atoms with Crippen LogP contribution < -0.4 is 5.32 Å². The largest absolute Gasteiger partial charge is 0.306 e. The zero-order valence-corrected chi connectivity index (χ0v) is 11.4. The lowest BCUT2D eigenvalue weighted by Gasteiger charge is -2.15. The number of rotatable bonds is 5. The third-order valence-electron chi connectivity index (χ3n) is 3.24. The number of alkyl halides is 2. The fourth-order valence-corrected chi connectivity index (χ4v) is 2.07. The van der Waals surface area contributed by atoms with Crippen molar-refractivity contribution in [3.8, 4) is 0 Å². The molecule has 0 spiro atoms. The molecule has 0 aromatic heterocycles. The molecule has 2 aromatic rings. The van der Waals surface area contributed by atoms with E-state index >= 15 is 0 Å². The summed E-state index contributed by atoms with van der Waals surface area (Å²) in [4.78, 5) is 0. The van der Waals surface area contributed by atoms with E-state index in [9.17, 15) is 17.6 Å². The molecule has 0 bridgehead atoms. The molecule has 0 saturated carbocycles. The van der Waals surface area contributed by atoms with Crippen LogP contribution in [0, 0.1) is 11.6 Å². The minimum Gasteiger partial charge on any atom is -0.306 e. The van der Waals surface area contributed by atoms with E-state index in [0.717, 1.165) is 6.07 Å². The summed E-state index contributed by atoms with van der Waals surface area (Å²) in [5.41, 5.74) is 0.971. The lowest BCUT2D eigenvalue weighted by Crippen LogP contribution is -2.19. The Morgan fingerprint density at radius 3 is 2.48 bits per heavy atom. The Morgan fingerprint density at radius 1 is 1.05 bits per heavy atom. The molecule has 2 rings (SSSR count). The van der Waals surface area contributed by atoms with E-state index in [1.807, 2.05) is 0 Å². The standard InChI is InChI=1S/C16H15F4N/c1-10(14-6-5-13(17)8-15(14)18)21-9-11-3-2-4-12(7-11)16(19)20/h2-8,10,16,21H,9H2,1H3. The van der Waals surface area contributed by atoms with Crippen LogP contribution in [0.25, 0.3) is 0 Å². The molecule has 21 heavy (non-hydrogen) atoms. The van der Waals surface area contributed by atoms with Crippen molar-refractivity contribution in [1.82, 2.24) is 5.32 Å². The van der Waals surface area contributed by atoms with E-state index in [1.54, 1.807) is 19.1 Å². The van der Waals surface area contributed by atoms with E-state index in [-0.39, 0.29) is 11.6 Å². The van der Waals surface area contributed by atoms with Crippen molar-refractivity contribution in [3.63, 3.8) is 0 Å².